The van der Waals surface area contributed by atoms with Gasteiger partial charge in [-0.2, -0.15) is 0 Å². The van der Waals surface area contributed by atoms with Crippen molar-refractivity contribution in [2.24, 2.45) is 7.05 Å². The van der Waals surface area contributed by atoms with Crippen molar-refractivity contribution in [2.45, 2.75) is 6.36 Å². The lowest BCUT2D eigenvalue weighted by molar-refractivity contribution is -0.274. The number of amides is 1. The van der Waals surface area contributed by atoms with Crippen LogP contribution in [0, 0.1) is 0 Å². The quantitative estimate of drug-likeness (QED) is 0.936. The van der Waals surface area contributed by atoms with Gasteiger partial charge in [0.25, 0.3) is 5.91 Å². The summed E-state index contributed by atoms with van der Waals surface area (Å²) in [5, 5.41) is 9.67. The van der Waals surface area contributed by atoms with Gasteiger partial charge in [-0.1, -0.05) is 5.21 Å². The zero-order chi connectivity index (χ0) is 14.8. The van der Waals surface area contributed by atoms with E-state index in [1.807, 2.05) is 0 Å². The van der Waals surface area contributed by atoms with Crippen LogP contribution in [-0.2, 0) is 7.05 Å². The Bertz CT molecular complexity index is 607. The van der Waals surface area contributed by atoms with E-state index in [4.69, 9.17) is 0 Å². The number of halogens is 3. The van der Waals surface area contributed by atoms with Crippen molar-refractivity contribution in [3.63, 3.8) is 0 Å². The van der Waals surface area contributed by atoms with Gasteiger partial charge in [-0.25, -0.2) is 0 Å². The van der Waals surface area contributed by atoms with Crippen LogP contribution < -0.4 is 10.1 Å². The molecule has 0 aliphatic carbocycles. The second kappa shape index (κ2) is 5.19. The van der Waals surface area contributed by atoms with Crippen LogP contribution in [0.25, 0.3) is 0 Å². The number of hydrogen-bond acceptors (Lipinski definition) is 4. The number of benzene rings is 1. The van der Waals surface area contributed by atoms with Crippen LogP contribution >= 0.6 is 0 Å². The second-order valence-electron chi connectivity index (χ2n) is 3.80. The molecule has 106 valence electrons. The molecule has 2 aromatic rings. The smallest absolute Gasteiger partial charge is 0.406 e. The number of nitrogens with zero attached hydrogens (tertiary/aromatic N) is 3. The van der Waals surface area contributed by atoms with E-state index in [0.717, 1.165) is 12.1 Å². The van der Waals surface area contributed by atoms with Crippen molar-refractivity contribution in [1.29, 1.82) is 0 Å². The highest BCUT2D eigenvalue weighted by Gasteiger charge is 2.30. The van der Waals surface area contributed by atoms with Gasteiger partial charge in [0, 0.05) is 12.7 Å². The first kappa shape index (κ1) is 13.8. The maximum absolute atomic E-state index is 12.0. The van der Waals surface area contributed by atoms with E-state index in [-0.39, 0.29) is 11.4 Å². The van der Waals surface area contributed by atoms with Gasteiger partial charge in [-0.3, -0.25) is 9.48 Å². The Morgan fingerprint density at radius 1 is 1.30 bits per heavy atom. The lowest BCUT2D eigenvalue weighted by Gasteiger charge is -2.09. The first-order chi connectivity index (χ1) is 9.33. The van der Waals surface area contributed by atoms with Gasteiger partial charge in [-0.15, -0.1) is 18.3 Å². The highest BCUT2D eigenvalue weighted by atomic mass is 19.4. The van der Waals surface area contributed by atoms with Crippen molar-refractivity contribution in [1.82, 2.24) is 15.0 Å². The van der Waals surface area contributed by atoms with Crippen molar-refractivity contribution in [3.8, 4) is 5.75 Å². The summed E-state index contributed by atoms with van der Waals surface area (Å²) in [7, 11) is 1.60. The summed E-state index contributed by atoms with van der Waals surface area (Å²) in [6.45, 7) is 0. The molecule has 0 atom stereocenters. The number of ether oxygens (including phenoxy) is 1. The molecule has 1 amide bonds. The van der Waals surface area contributed by atoms with Crippen LogP contribution in [0.1, 0.15) is 10.5 Å². The maximum atomic E-state index is 12.0. The molecule has 20 heavy (non-hydrogen) atoms. The number of rotatable bonds is 3. The van der Waals surface area contributed by atoms with Gasteiger partial charge in [-0.05, 0) is 24.3 Å². The molecule has 0 aliphatic heterocycles. The predicted molar refractivity (Wildman–Crippen MR) is 62.1 cm³/mol. The largest absolute Gasteiger partial charge is 0.573 e. The summed E-state index contributed by atoms with van der Waals surface area (Å²) in [6, 6.07) is 4.77. The maximum Gasteiger partial charge on any atom is 0.573 e. The fraction of sp³-hybridized carbons (Fsp3) is 0.182. The molecule has 0 radical (unpaired) electrons. The van der Waals surface area contributed by atoms with Crippen molar-refractivity contribution < 1.29 is 22.7 Å². The summed E-state index contributed by atoms with van der Waals surface area (Å²) in [5.41, 5.74) is 0.415. The highest BCUT2D eigenvalue weighted by molar-refractivity contribution is 6.02. The van der Waals surface area contributed by atoms with E-state index < -0.39 is 12.3 Å². The fourth-order valence-corrected chi connectivity index (χ4v) is 1.39. The van der Waals surface area contributed by atoms with E-state index in [9.17, 15) is 18.0 Å². The number of carbonyl (C=O) groups is 1. The zero-order valence-electron chi connectivity index (χ0n) is 10.2. The fourth-order valence-electron chi connectivity index (χ4n) is 1.39. The first-order valence-electron chi connectivity index (χ1n) is 5.37. The van der Waals surface area contributed by atoms with Crippen LogP contribution in [0.5, 0.6) is 5.75 Å². The summed E-state index contributed by atoms with van der Waals surface area (Å²) >= 11 is 0. The average molecular weight is 286 g/mol. The summed E-state index contributed by atoms with van der Waals surface area (Å²) in [4.78, 5) is 11.7. The Morgan fingerprint density at radius 2 is 1.95 bits per heavy atom. The molecule has 0 bridgehead atoms. The third-order valence-corrected chi connectivity index (χ3v) is 2.18. The third-order valence-electron chi connectivity index (χ3n) is 2.18. The van der Waals surface area contributed by atoms with Gasteiger partial charge in [0.2, 0.25) is 0 Å². The molecule has 1 aromatic carbocycles. The Hall–Kier alpha value is -2.58. The summed E-state index contributed by atoms with van der Waals surface area (Å²) in [5.74, 6) is -0.877. The van der Waals surface area contributed by atoms with Crippen LogP contribution in [0.2, 0.25) is 0 Å². The molecular weight excluding hydrogens is 277 g/mol. The topological polar surface area (TPSA) is 69.0 Å². The Morgan fingerprint density at radius 3 is 2.45 bits per heavy atom. The molecule has 6 nitrogen and oxygen atoms in total. The van der Waals surface area contributed by atoms with E-state index in [0.29, 0.717) is 5.69 Å². The third kappa shape index (κ3) is 3.70. The number of hydrogen-bond donors (Lipinski definition) is 1. The Kier molecular flexibility index (Phi) is 3.59. The van der Waals surface area contributed by atoms with E-state index in [1.165, 1.54) is 23.0 Å². The highest BCUT2D eigenvalue weighted by Crippen LogP contribution is 2.24. The van der Waals surface area contributed by atoms with Gasteiger partial charge in [0.05, 0.1) is 6.20 Å². The lowest BCUT2D eigenvalue weighted by atomic mass is 10.3. The molecule has 0 fully saturated rings. The normalized spacial score (nSPS) is 11.2. The molecule has 0 spiro atoms. The molecule has 2 rings (SSSR count). The minimum absolute atomic E-state index is 0.100. The van der Waals surface area contributed by atoms with Crippen LogP contribution in [0.15, 0.2) is 30.5 Å². The molecule has 0 saturated heterocycles. The van der Waals surface area contributed by atoms with E-state index in [2.05, 4.69) is 20.4 Å². The van der Waals surface area contributed by atoms with Gasteiger partial charge in [0.15, 0.2) is 5.69 Å². The number of aromatic nitrogens is 3. The van der Waals surface area contributed by atoms with Crippen molar-refractivity contribution in [2.75, 3.05) is 5.32 Å². The van der Waals surface area contributed by atoms with E-state index in [1.54, 1.807) is 7.05 Å². The first-order valence-corrected chi connectivity index (χ1v) is 5.37. The van der Waals surface area contributed by atoms with Crippen LogP contribution in [0.4, 0.5) is 18.9 Å². The molecular formula is C11H9F3N4O2. The van der Waals surface area contributed by atoms with Crippen molar-refractivity contribution in [3.05, 3.63) is 36.2 Å². The number of nitrogens with one attached hydrogen (secondary N) is 1. The van der Waals surface area contributed by atoms with Crippen molar-refractivity contribution >= 4 is 11.6 Å². The SMILES string of the molecule is Cn1cc(C(=O)Nc2ccc(OC(F)(F)F)cc2)nn1. The standard InChI is InChI=1S/C11H9F3N4O2/c1-18-6-9(16-17-18)10(19)15-7-2-4-8(5-3-7)20-11(12,13)14/h2-6H,1H3,(H,15,19). The van der Waals surface area contributed by atoms with Crippen LogP contribution in [-0.4, -0.2) is 27.3 Å². The monoisotopic (exact) mass is 286 g/mol. The minimum Gasteiger partial charge on any atom is -0.406 e. The van der Waals surface area contributed by atoms with Crippen LogP contribution in [0.3, 0.4) is 0 Å². The zero-order valence-corrected chi connectivity index (χ0v) is 10.2. The Balaban J connectivity index is 2.02. The van der Waals surface area contributed by atoms with E-state index >= 15 is 0 Å². The molecule has 1 aromatic heterocycles. The number of carbonyl (C=O) groups excluding carboxylic acids is 1. The van der Waals surface area contributed by atoms with Gasteiger partial charge >= 0.3 is 6.36 Å². The minimum atomic E-state index is -4.75. The second-order valence-corrected chi connectivity index (χ2v) is 3.80. The number of alkyl halides is 3. The summed E-state index contributed by atoms with van der Waals surface area (Å²) in [6.07, 6.45) is -3.33. The number of aryl methyl sites for hydroxylation is 1. The molecule has 0 unspecified atom stereocenters. The van der Waals surface area contributed by atoms with Gasteiger partial charge in [0.1, 0.15) is 5.75 Å². The summed E-state index contributed by atoms with van der Waals surface area (Å²) < 4.78 is 41.0. The Labute approximate surface area is 111 Å². The molecule has 9 heteroatoms. The molecule has 1 N–H and O–H groups in total. The average Bonchev–Trinajstić information content (AvgIpc) is 2.77. The lowest BCUT2D eigenvalue weighted by Crippen LogP contribution is -2.17. The van der Waals surface area contributed by atoms with Gasteiger partial charge < -0.3 is 10.1 Å². The predicted octanol–water partition coefficient (Wildman–Crippen LogP) is 1.97. The molecule has 0 aliphatic rings. The number of anilines is 1. The molecule has 0 saturated carbocycles. The molecule has 1 heterocycles.